The summed E-state index contributed by atoms with van der Waals surface area (Å²) in [4.78, 5) is 13.2. The normalized spacial score (nSPS) is 12.3. The molecule has 1 unspecified atom stereocenters. The number of hydrogen-bond donors (Lipinski definition) is 1. The maximum Gasteiger partial charge on any atom is 0.272 e. The van der Waals surface area contributed by atoms with Crippen molar-refractivity contribution >= 4 is 17.0 Å². The highest BCUT2D eigenvalue weighted by Gasteiger charge is 2.14. The van der Waals surface area contributed by atoms with Crippen molar-refractivity contribution in [2.24, 2.45) is 0 Å². The highest BCUT2D eigenvalue weighted by Crippen LogP contribution is 2.24. The van der Waals surface area contributed by atoms with E-state index in [1.807, 2.05) is 6.07 Å². The molecule has 1 N–H and O–H groups in total. The highest BCUT2D eigenvalue weighted by atomic mass is 32.1. The molecule has 4 nitrogen and oxygen atoms in total. The maximum atomic E-state index is 10.9. The van der Waals surface area contributed by atoms with Gasteiger partial charge in [0.05, 0.1) is 4.92 Å². The van der Waals surface area contributed by atoms with E-state index in [-0.39, 0.29) is 16.7 Å². The van der Waals surface area contributed by atoms with Crippen LogP contribution in [0.2, 0.25) is 0 Å². The summed E-state index contributed by atoms with van der Waals surface area (Å²) in [6, 6.07) is 9.69. The number of aryl methyl sites for hydroxylation is 1. The summed E-state index contributed by atoms with van der Waals surface area (Å²) in [5, 5.41) is 14.3. The zero-order valence-electron chi connectivity index (χ0n) is 11.8. The quantitative estimate of drug-likeness (QED) is 0.665. The Morgan fingerprint density at radius 1 is 1.30 bits per heavy atom. The van der Waals surface area contributed by atoms with Crippen LogP contribution in [0.1, 0.15) is 33.8 Å². The van der Waals surface area contributed by atoms with Gasteiger partial charge >= 0.3 is 0 Å². The lowest BCUT2D eigenvalue weighted by atomic mass is 10.1. The SMILES string of the molecule is Cc1ccc(C(C)NCc2cccc([N+](=O)[O-])c2C)s1. The molecule has 1 heterocycles. The van der Waals surface area contributed by atoms with Crippen molar-refractivity contribution in [2.75, 3.05) is 0 Å². The monoisotopic (exact) mass is 290 g/mol. The van der Waals surface area contributed by atoms with Gasteiger partial charge in [0, 0.05) is 34.0 Å². The number of thiophene rings is 1. The largest absolute Gasteiger partial charge is 0.305 e. The Kier molecular flexibility index (Phi) is 4.52. The van der Waals surface area contributed by atoms with E-state index in [1.54, 1.807) is 30.4 Å². The Balaban J connectivity index is 2.08. The van der Waals surface area contributed by atoms with Gasteiger partial charge in [0.1, 0.15) is 0 Å². The summed E-state index contributed by atoms with van der Waals surface area (Å²) in [6.45, 7) is 6.63. The van der Waals surface area contributed by atoms with Crippen LogP contribution in [0.4, 0.5) is 5.69 Å². The molecule has 5 heteroatoms. The molecule has 1 aromatic heterocycles. The summed E-state index contributed by atoms with van der Waals surface area (Å²) in [5.41, 5.74) is 1.89. The molecule has 0 amide bonds. The van der Waals surface area contributed by atoms with Gasteiger partial charge in [-0.05, 0) is 38.5 Å². The Morgan fingerprint density at radius 2 is 2.05 bits per heavy atom. The molecule has 106 valence electrons. The lowest BCUT2D eigenvalue weighted by Gasteiger charge is -2.13. The number of nitrogens with zero attached hydrogens (tertiary/aromatic N) is 1. The molecule has 0 aliphatic carbocycles. The van der Waals surface area contributed by atoms with E-state index in [0.29, 0.717) is 6.54 Å². The third kappa shape index (κ3) is 3.23. The van der Waals surface area contributed by atoms with E-state index in [2.05, 4.69) is 31.3 Å². The van der Waals surface area contributed by atoms with Gasteiger partial charge in [-0.15, -0.1) is 11.3 Å². The fraction of sp³-hybridized carbons (Fsp3) is 0.333. The molecule has 1 aromatic carbocycles. The minimum atomic E-state index is -0.328. The van der Waals surface area contributed by atoms with Crippen molar-refractivity contribution in [2.45, 2.75) is 33.4 Å². The summed E-state index contributed by atoms with van der Waals surface area (Å²) >= 11 is 1.77. The molecule has 0 bridgehead atoms. The van der Waals surface area contributed by atoms with Crippen LogP contribution in [0.3, 0.4) is 0 Å². The van der Waals surface area contributed by atoms with Crippen LogP contribution in [-0.2, 0) is 6.54 Å². The van der Waals surface area contributed by atoms with E-state index in [4.69, 9.17) is 0 Å². The molecule has 0 saturated heterocycles. The molecule has 0 radical (unpaired) electrons. The molecular weight excluding hydrogens is 272 g/mol. The van der Waals surface area contributed by atoms with Gasteiger partial charge in [0.25, 0.3) is 5.69 Å². The molecule has 0 spiro atoms. The average Bonchev–Trinajstić information content (AvgIpc) is 2.83. The summed E-state index contributed by atoms with van der Waals surface area (Å²) in [6.07, 6.45) is 0. The second-order valence-corrected chi connectivity index (χ2v) is 6.19. The fourth-order valence-electron chi connectivity index (χ4n) is 2.11. The molecule has 0 aliphatic rings. The zero-order valence-corrected chi connectivity index (χ0v) is 12.7. The second-order valence-electron chi connectivity index (χ2n) is 4.87. The number of rotatable bonds is 5. The summed E-state index contributed by atoms with van der Waals surface area (Å²) in [5.74, 6) is 0. The minimum absolute atomic E-state index is 0.184. The molecule has 1 atom stereocenters. The molecule has 0 saturated carbocycles. The van der Waals surface area contributed by atoms with Crippen molar-refractivity contribution in [1.29, 1.82) is 0 Å². The minimum Gasteiger partial charge on any atom is -0.305 e. The predicted molar refractivity (Wildman–Crippen MR) is 82.1 cm³/mol. The lowest BCUT2D eigenvalue weighted by Crippen LogP contribution is -2.18. The van der Waals surface area contributed by atoms with Crippen LogP contribution < -0.4 is 5.32 Å². The van der Waals surface area contributed by atoms with Gasteiger partial charge in [-0.3, -0.25) is 10.1 Å². The third-order valence-corrected chi connectivity index (χ3v) is 4.58. The molecule has 0 aliphatic heterocycles. The topological polar surface area (TPSA) is 55.2 Å². The smallest absolute Gasteiger partial charge is 0.272 e. The van der Waals surface area contributed by atoms with E-state index >= 15 is 0 Å². The molecular formula is C15H18N2O2S. The first-order valence-electron chi connectivity index (χ1n) is 6.51. The predicted octanol–water partition coefficient (Wildman–Crippen LogP) is 4.12. The van der Waals surface area contributed by atoms with Crippen molar-refractivity contribution in [1.82, 2.24) is 5.32 Å². The first-order valence-corrected chi connectivity index (χ1v) is 7.33. The van der Waals surface area contributed by atoms with Gasteiger partial charge in [0.15, 0.2) is 0 Å². The van der Waals surface area contributed by atoms with Crippen LogP contribution in [-0.4, -0.2) is 4.92 Å². The van der Waals surface area contributed by atoms with Crippen LogP contribution in [0.25, 0.3) is 0 Å². The van der Waals surface area contributed by atoms with Gasteiger partial charge < -0.3 is 5.32 Å². The van der Waals surface area contributed by atoms with Gasteiger partial charge in [-0.25, -0.2) is 0 Å². The Labute approximate surface area is 122 Å². The van der Waals surface area contributed by atoms with Crippen LogP contribution >= 0.6 is 11.3 Å². The van der Waals surface area contributed by atoms with E-state index < -0.39 is 0 Å². The molecule has 0 fully saturated rings. The Hall–Kier alpha value is -1.72. The Morgan fingerprint density at radius 3 is 2.65 bits per heavy atom. The van der Waals surface area contributed by atoms with E-state index in [1.165, 1.54) is 9.75 Å². The van der Waals surface area contributed by atoms with Crippen LogP contribution in [0.15, 0.2) is 30.3 Å². The van der Waals surface area contributed by atoms with Crippen LogP contribution in [0, 0.1) is 24.0 Å². The van der Waals surface area contributed by atoms with E-state index in [9.17, 15) is 10.1 Å². The first-order chi connectivity index (χ1) is 9.49. The van der Waals surface area contributed by atoms with Gasteiger partial charge in [-0.1, -0.05) is 12.1 Å². The summed E-state index contributed by atoms with van der Waals surface area (Å²) < 4.78 is 0. The first kappa shape index (κ1) is 14.7. The van der Waals surface area contributed by atoms with Gasteiger partial charge in [-0.2, -0.15) is 0 Å². The second kappa shape index (κ2) is 6.15. The zero-order chi connectivity index (χ0) is 14.7. The van der Waals surface area contributed by atoms with E-state index in [0.717, 1.165) is 11.1 Å². The molecule has 20 heavy (non-hydrogen) atoms. The Bertz CT molecular complexity index is 622. The third-order valence-electron chi connectivity index (χ3n) is 3.40. The van der Waals surface area contributed by atoms with Gasteiger partial charge in [0.2, 0.25) is 0 Å². The number of hydrogen-bond acceptors (Lipinski definition) is 4. The number of nitrogens with one attached hydrogen (secondary N) is 1. The van der Waals surface area contributed by atoms with Crippen LogP contribution in [0.5, 0.6) is 0 Å². The number of nitro benzene ring substituents is 1. The average molecular weight is 290 g/mol. The number of nitro groups is 1. The highest BCUT2D eigenvalue weighted by molar-refractivity contribution is 7.12. The van der Waals surface area contributed by atoms with Crippen molar-refractivity contribution in [3.8, 4) is 0 Å². The number of benzene rings is 1. The van der Waals surface area contributed by atoms with Crippen molar-refractivity contribution < 1.29 is 4.92 Å². The lowest BCUT2D eigenvalue weighted by molar-refractivity contribution is -0.385. The fourth-order valence-corrected chi connectivity index (χ4v) is 3.01. The maximum absolute atomic E-state index is 10.9. The van der Waals surface area contributed by atoms with Crippen molar-refractivity contribution in [3.05, 3.63) is 61.3 Å². The standard InChI is InChI=1S/C15H18N2O2S/c1-10-7-8-15(20-10)12(3)16-9-13-5-4-6-14(11(13)2)17(18)19/h4-8,12,16H,9H2,1-3H3. The molecule has 2 aromatic rings. The molecule has 2 rings (SSSR count). The summed E-state index contributed by atoms with van der Waals surface area (Å²) in [7, 11) is 0. The van der Waals surface area contributed by atoms with Crippen molar-refractivity contribution in [3.63, 3.8) is 0 Å².